The summed E-state index contributed by atoms with van der Waals surface area (Å²) in [6.07, 6.45) is 1.18. The summed E-state index contributed by atoms with van der Waals surface area (Å²) in [4.78, 5) is 13.9. The van der Waals surface area contributed by atoms with Gasteiger partial charge in [-0.25, -0.2) is 8.42 Å². The molecule has 19 heavy (non-hydrogen) atoms. The summed E-state index contributed by atoms with van der Waals surface area (Å²) >= 11 is 3.32. The number of amides is 1. The Balaban J connectivity index is 2.94. The number of carbonyl (C=O) groups is 1. The summed E-state index contributed by atoms with van der Waals surface area (Å²) in [7, 11) is -3.11. The second kappa shape index (κ2) is 6.52. The third-order valence-electron chi connectivity index (χ3n) is 2.75. The molecule has 106 valence electrons. The van der Waals surface area contributed by atoms with E-state index < -0.39 is 9.84 Å². The first-order valence-corrected chi connectivity index (χ1v) is 8.84. The van der Waals surface area contributed by atoms with Crippen molar-refractivity contribution in [2.24, 2.45) is 0 Å². The zero-order valence-corrected chi connectivity index (χ0v) is 13.7. The molecule has 0 aromatic heterocycles. The summed E-state index contributed by atoms with van der Waals surface area (Å²) in [6, 6.07) is 6.74. The molecule has 0 aliphatic heterocycles. The van der Waals surface area contributed by atoms with Crippen LogP contribution in [0.4, 0.5) is 0 Å². The number of carbonyl (C=O) groups excluding carboxylic acids is 1. The van der Waals surface area contributed by atoms with Gasteiger partial charge in [0, 0.05) is 28.9 Å². The molecule has 0 N–H and O–H groups in total. The van der Waals surface area contributed by atoms with E-state index in [1.807, 2.05) is 13.0 Å². The molecule has 0 aliphatic rings. The van der Waals surface area contributed by atoms with Gasteiger partial charge in [-0.2, -0.15) is 0 Å². The molecule has 1 unspecified atom stereocenters. The van der Waals surface area contributed by atoms with Crippen molar-refractivity contribution in [1.82, 2.24) is 4.90 Å². The van der Waals surface area contributed by atoms with Crippen LogP contribution < -0.4 is 0 Å². The van der Waals surface area contributed by atoms with E-state index in [-0.39, 0.29) is 17.7 Å². The fourth-order valence-corrected chi connectivity index (χ4v) is 3.43. The Kier molecular flexibility index (Phi) is 5.55. The lowest BCUT2D eigenvalue weighted by molar-refractivity contribution is 0.0719. The fraction of sp³-hybridized carbons (Fsp3) is 0.462. The van der Waals surface area contributed by atoms with Crippen LogP contribution in [0.25, 0.3) is 0 Å². The van der Waals surface area contributed by atoms with E-state index >= 15 is 0 Å². The molecule has 0 saturated carbocycles. The highest BCUT2D eigenvalue weighted by atomic mass is 79.9. The van der Waals surface area contributed by atoms with Gasteiger partial charge in [-0.05, 0) is 32.0 Å². The molecule has 0 saturated heterocycles. The van der Waals surface area contributed by atoms with Gasteiger partial charge in [0.2, 0.25) is 0 Å². The summed E-state index contributed by atoms with van der Waals surface area (Å²) in [6.45, 7) is 4.07. The zero-order chi connectivity index (χ0) is 14.6. The number of benzene rings is 1. The van der Waals surface area contributed by atoms with Gasteiger partial charge in [-0.1, -0.05) is 22.0 Å². The highest BCUT2D eigenvalue weighted by Gasteiger charge is 2.22. The zero-order valence-electron chi connectivity index (χ0n) is 11.3. The molecule has 1 aromatic rings. The first-order valence-electron chi connectivity index (χ1n) is 5.99. The Hall–Kier alpha value is -0.880. The average molecular weight is 348 g/mol. The van der Waals surface area contributed by atoms with Crippen LogP contribution >= 0.6 is 15.9 Å². The number of hydrogen-bond acceptors (Lipinski definition) is 3. The van der Waals surface area contributed by atoms with E-state index in [9.17, 15) is 13.2 Å². The Morgan fingerprint density at radius 3 is 2.53 bits per heavy atom. The highest BCUT2D eigenvalue weighted by Crippen LogP contribution is 2.15. The molecule has 1 amide bonds. The van der Waals surface area contributed by atoms with Crippen molar-refractivity contribution in [3.63, 3.8) is 0 Å². The first kappa shape index (κ1) is 16.2. The van der Waals surface area contributed by atoms with Crippen LogP contribution in [0.2, 0.25) is 0 Å². The third-order valence-corrected chi connectivity index (χ3v) is 4.33. The summed E-state index contributed by atoms with van der Waals surface area (Å²) < 4.78 is 23.5. The number of nitrogens with zero attached hydrogens (tertiary/aromatic N) is 1. The molecular weight excluding hydrogens is 330 g/mol. The average Bonchev–Trinajstić information content (AvgIpc) is 2.27. The maximum atomic E-state index is 12.4. The van der Waals surface area contributed by atoms with Crippen molar-refractivity contribution < 1.29 is 13.2 Å². The van der Waals surface area contributed by atoms with Crippen molar-refractivity contribution in [2.45, 2.75) is 19.9 Å². The Bertz CT molecular complexity index is 557. The van der Waals surface area contributed by atoms with Crippen LogP contribution in [0.15, 0.2) is 28.7 Å². The summed E-state index contributed by atoms with van der Waals surface area (Å²) in [5.74, 6) is -0.180. The van der Waals surface area contributed by atoms with Crippen LogP contribution in [-0.4, -0.2) is 43.8 Å². The maximum Gasteiger partial charge on any atom is 0.254 e. The molecule has 1 aromatic carbocycles. The Labute approximate surface area is 122 Å². The molecule has 0 bridgehead atoms. The number of halogens is 1. The van der Waals surface area contributed by atoms with Crippen LogP contribution in [0.5, 0.6) is 0 Å². The van der Waals surface area contributed by atoms with Crippen molar-refractivity contribution in [1.29, 1.82) is 0 Å². The van der Waals surface area contributed by atoms with Gasteiger partial charge in [-0.15, -0.1) is 0 Å². The second-order valence-corrected chi connectivity index (χ2v) is 7.64. The van der Waals surface area contributed by atoms with E-state index in [1.54, 1.807) is 30.0 Å². The van der Waals surface area contributed by atoms with Gasteiger partial charge in [-0.3, -0.25) is 4.79 Å². The lowest BCUT2D eigenvalue weighted by atomic mass is 10.2. The molecule has 0 fully saturated rings. The van der Waals surface area contributed by atoms with Gasteiger partial charge < -0.3 is 4.90 Å². The van der Waals surface area contributed by atoms with Crippen molar-refractivity contribution in [3.05, 3.63) is 34.3 Å². The quantitative estimate of drug-likeness (QED) is 0.821. The van der Waals surface area contributed by atoms with Crippen molar-refractivity contribution in [3.8, 4) is 0 Å². The Morgan fingerprint density at radius 2 is 2.05 bits per heavy atom. The topological polar surface area (TPSA) is 54.5 Å². The Morgan fingerprint density at radius 1 is 1.42 bits per heavy atom. The van der Waals surface area contributed by atoms with E-state index in [0.29, 0.717) is 12.1 Å². The molecule has 0 spiro atoms. The molecule has 0 radical (unpaired) electrons. The number of rotatable bonds is 5. The molecule has 4 nitrogen and oxygen atoms in total. The highest BCUT2D eigenvalue weighted by molar-refractivity contribution is 9.10. The van der Waals surface area contributed by atoms with Gasteiger partial charge in [0.15, 0.2) is 0 Å². The molecule has 1 atom stereocenters. The molecular formula is C13H18BrNO3S. The molecule has 6 heteroatoms. The van der Waals surface area contributed by atoms with Crippen molar-refractivity contribution >= 4 is 31.7 Å². The third kappa shape index (κ3) is 4.95. The first-order chi connectivity index (χ1) is 8.74. The smallest absolute Gasteiger partial charge is 0.254 e. The van der Waals surface area contributed by atoms with Gasteiger partial charge in [0.05, 0.1) is 5.75 Å². The van der Waals surface area contributed by atoms with E-state index in [4.69, 9.17) is 0 Å². The monoisotopic (exact) mass is 347 g/mol. The SMILES string of the molecule is CCN(C(=O)c1cccc(Br)c1)C(C)CS(C)(=O)=O. The fourth-order valence-electron chi connectivity index (χ4n) is 1.97. The minimum atomic E-state index is -3.11. The van der Waals surface area contributed by atoms with Crippen LogP contribution in [0.3, 0.4) is 0 Å². The van der Waals surface area contributed by atoms with Gasteiger partial charge in [0.1, 0.15) is 9.84 Å². The summed E-state index contributed by atoms with van der Waals surface area (Å²) in [5, 5.41) is 0. The predicted octanol–water partition coefficient (Wildman–Crippen LogP) is 2.34. The number of sulfone groups is 1. The minimum Gasteiger partial charge on any atom is -0.335 e. The van der Waals surface area contributed by atoms with Crippen molar-refractivity contribution in [2.75, 3.05) is 18.6 Å². The largest absolute Gasteiger partial charge is 0.335 e. The predicted molar refractivity (Wildman–Crippen MR) is 80.0 cm³/mol. The van der Waals surface area contributed by atoms with Gasteiger partial charge >= 0.3 is 0 Å². The summed E-state index contributed by atoms with van der Waals surface area (Å²) in [5.41, 5.74) is 0.552. The lowest BCUT2D eigenvalue weighted by Crippen LogP contribution is -2.42. The minimum absolute atomic E-state index is 0.0272. The number of hydrogen-bond donors (Lipinski definition) is 0. The van der Waals surface area contributed by atoms with E-state index in [1.165, 1.54) is 6.26 Å². The normalized spacial score (nSPS) is 13.1. The molecule has 1 rings (SSSR count). The van der Waals surface area contributed by atoms with E-state index in [2.05, 4.69) is 15.9 Å². The van der Waals surface area contributed by atoms with Crippen LogP contribution in [0.1, 0.15) is 24.2 Å². The van der Waals surface area contributed by atoms with Gasteiger partial charge in [0.25, 0.3) is 5.91 Å². The molecule has 0 aliphatic carbocycles. The molecule has 0 heterocycles. The second-order valence-electron chi connectivity index (χ2n) is 4.54. The van der Waals surface area contributed by atoms with Crippen LogP contribution in [0, 0.1) is 0 Å². The maximum absolute atomic E-state index is 12.4. The standard InChI is InChI=1S/C13H18BrNO3S/c1-4-15(10(2)9-19(3,17)18)13(16)11-6-5-7-12(14)8-11/h5-8,10H,4,9H2,1-3H3. The van der Waals surface area contributed by atoms with E-state index in [0.717, 1.165) is 4.47 Å². The van der Waals surface area contributed by atoms with Crippen LogP contribution in [-0.2, 0) is 9.84 Å². The lowest BCUT2D eigenvalue weighted by Gasteiger charge is -2.27.